The highest BCUT2D eigenvalue weighted by molar-refractivity contribution is 5.90. The summed E-state index contributed by atoms with van der Waals surface area (Å²) < 4.78 is 12.4. The van der Waals surface area contributed by atoms with E-state index in [-0.39, 0.29) is 18.1 Å². The number of nitriles is 2. The fourth-order valence-corrected chi connectivity index (χ4v) is 4.79. The smallest absolute Gasteiger partial charge is 0.265 e. The molecule has 0 bridgehead atoms. The minimum absolute atomic E-state index is 0.110. The number of hydrogen-bond acceptors (Lipinski definition) is 4. The van der Waals surface area contributed by atoms with E-state index in [1.807, 2.05) is 79.5 Å². The summed E-state index contributed by atoms with van der Waals surface area (Å²) in [5.41, 5.74) is 5.62. The molecule has 7 heteroatoms. The molecular weight excluding hydrogens is 546 g/mol. The van der Waals surface area contributed by atoms with Crippen LogP contribution < -0.4 is 9.80 Å². The van der Waals surface area contributed by atoms with Gasteiger partial charge in [0.2, 0.25) is 0 Å². The van der Waals surface area contributed by atoms with Crippen LogP contribution in [0.1, 0.15) is 38.3 Å². The third kappa shape index (κ3) is 7.80. The molecule has 0 fully saturated rings. The molecule has 0 radical (unpaired) electrons. The van der Waals surface area contributed by atoms with E-state index in [9.17, 15) is 4.39 Å². The maximum Gasteiger partial charge on any atom is 0.265 e. The molecule has 0 saturated heterocycles. The average molecular weight is 582 g/mol. The van der Waals surface area contributed by atoms with E-state index >= 15 is 0 Å². The number of benzene rings is 4. The van der Waals surface area contributed by atoms with Gasteiger partial charge in [-0.15, -0.1) is 0 Å². The summed E-state index contributed by atoms with van der Waals surface area (Å²) in [4.78, 5) is 10.6. The number of halogens is 1. The molecule has 220 valence electrons. The highest BCUT2D eigenvalue weighted by Crippen LogP contribution is 2.28. The average Bonchev–Trinajstić information content (AvgIpc) is 3.05. The molecule has 0 amide bonds. The summed E-state index contributed by atoms with van der Waals surface area (Å²) in [7, 11) is 3.96. The van der Waals surface area contributed by atoms with Crippen LogP contribution in [0.25, 0.3) is 42.4 Å². The van der Waals surface area contributed by atoms with Crippen molar-refractivity contribution in [3.8, 4) is 12.1 Å². The molecule has 0 spiro atoms. The van der Waals surface area contributed by atoms with Crippen LogP contribution in [0.2, 0.25) is 0 Å². The zero-order chi connectivity index (χ0) is 32.2. The Morgan fingerprint density at radius 3 is 1.43 bits per heavy atom. The molecule has 0 saturated carbocycles. The van der Waals surface area contributed by atoms with Crippen molar-refractivity contribution in [2.45, 2.75) is 27.2 Å². The maximum absolute atomic E-state index is 12.4. The topological polar surface area (TPSA) is 62.8 Å². The number of anilines is 2. The quantitative estimate of drug-likeness (QED) is 0.154. The van der Waals surface area contributed by atoms with Gasteiger partial charge >= 0.3 is 0 Å². The lowest BCUT2D eigenvalue weighted by molar-refractivity contribution is 0.497. The number of fused-ring (bicyclic) bond motifs is 2. The van der Waals surface area contributed by atoms with Gasteiger partial charge in [0, 0.05) is 38.6 Å². The molecule has 0 aliphatic carbocycles. The van der Waals surface area contributed by atoms with Crippen LogP contribution in [0.5, 0.6) is 0 Å². The minimum atomic E-state index is -0.384. The van der Waals surface area contributed by atoms with E-state index in [4.69, 9.17) is 23.7 Å². The van der Waals surface area contributed by atoms with Gasteiger partial charge in [-0.2, -0.15) is 0 Å². The van der Waals surface area contributed by atoms with Crippen LogP contribution in [0, 0.1) is 35.8 Å². The van der Waals surface area contributed by atoms with Crippen molar-refractivity contribution >= 4 is 44.1 Å². The van der Waals surface area contributed by atoms with Gasteiger partial charge in [-0.05, 0) is 100 Å². The maximum atomic E-state index is 12.4. The van der Waals surface area contributed by atoms with E-state index < -0.39 is 0 Å². The van der Waals surface area contributed by atoms with Crippen molar-refractivity contribution in [1.82, 2.24) is 0 Å². The van der Waals surface area contributed by atoms with Gasteiger partial charge in [-0.3, -0.25) is 0 Å². The third-order valence-electron chi connectivity index (χ3n) is 7.52. The fraction of sp³-hybridized carbons (Fsp3) is 0.243. The zero-order valence-electron chi connectivity index (χ0n) is 25.8. The van der Waals surface area contributed by atoms with Gasteiger partial charge in [0.15, 0.2) is 0 Å². The summed E-state index contributed by atoms with van der Waals surface area (Å²) in [5.74, 6) is 0. The lowest BCUT2D eigenvalue weighted by Crippen LogP contribution is -2.19. The largest absolute Gasteiger partial charge is 0.375 e. The van der Waals surface area contributed by atoms with Crippen LogP contribution in [0.3, 0.4) is 0 Å². The van der Waals surface area contributed by atoms with Gasteiger partial charge in [0.1, 0.15) is 6.67 Å². The Hall–Kier alpha value is -5.63. The van der Waals surface area contributed by atoms with E-state index in [0.717, 1.165) is 51.5 Å². The molecule has 0 aliphatic heterocycles. The van der Waals surface area contributed by atoms with Gasteiger partial charge in [-0.25, -0.2) is 24.6 Å². The Morgan fingerprint density at radius 1 is 0.682 bits per heavy atom. The molecule has 4 aromatic carbocycles. The second-order valence-electron chi connectivity index (χ2n) is 10.4. The second kappa shape index (κ2) is 15.6. The van der Waals surface area contributed by atoms with Gasteiger partial charge in [0.25, 0.3) is 11.4 Å². The number of rotatable bonds is 8. The SMILES string of the molecule is [C-]#[N+]/C(C#N)=C(/C)c1ccc2cc(N(C)CCC)ccc2c1.[C-]#[N+]/C(C#N)=C(/C)c1ccc2cc(N(C)CC[18F])ccc2c1. The monoisotopic (exact) mass is 581 g/mol. The molecule has 4 aromatic rings. The first-order valence-corrected chi connectivity index (χ1v) is 14.2. The summed E-state index contributed by atoms with van der Waals surface area (Å²) in [6, 6.07) is 28.1. The minimum Gasteiger partial charge on any atom is -0.375 e. The highest BCUT2D eigenvalue weighted by atomic mass is 18.2. The van der Waals surface area contributed by atoms with Crippen molar-refractivity contribution < 1.29 is 4.39 Å². The Kier molecular flexibility index (Phi) is 11.6. The number of nitrogens with zero attached hydrogens (tertiary/aromatic N) is 6. The lowest BCUT2D eigenvalue weighted by Gasteiger charge is -2.19. The van der Waals surface area contributed by atoms with Crippen LogP contribution in [0.15, 0.2) is 84.2 Å². The molecule has 44 heavy (non-hydrogen) atoms. The first-order valence-electron chi connectivity index (χ1n) is 14.2. The fourth-order valence-electron chi connectivity index (χ4n) is 4.79. The van der Waals surface area contributed by atoms with E-state index in [1.54, 1.807) is 6.92 Å². The molecule has 0 aromatic heterocycles. The van der Waals surface area contributed by atoms with Crippen molar-refractivity contribution in [3.63, 3.8) is 0 Å². The van der Waals surface area contributed by atoms with Gasteiger partial charge in [0.05, 0.1) is 25.3 Å². The van der Waals surface area contributed by atoms with Crippen molar-refractivity contribution in [2.24, 2.45) is 0 Å². The zero-order valence-corrected chi connectivity index (χ0v) is 25.8. The summed E-state index contributed by atoms with van der Waals surface area (Å²) in [6.45, 7) is 20.9. The summed E-state index contributed by atoms with van der Waals surface area (Å²) in [5, 5.41) is 22.3. The van der Waals surface area contributed by atoms with Crippen LogP contribution in [-0.2, 0) is 0 Å². The summed E-state index contributed by atoms with van der Waals surface area (Å²) in [6.07, 6.45) is 1.12. The molecule has 0 aliphatic rings. The predicted molar refractivity (Wildman–Crippen MR) is 180 cm³/mol. The van der Waals surface area contributed by atoms with Crippen molar-refractivity contribution in [3.05, 3.63) is 118 Å². The first-order chi connectivity index (χ1) is 21.2. The molecule has 6 nitrogen and oxygen atoms in total. The van der Waals surface area contributed by atoms with Gasteiger partial charge in [-0.1, -0.05) is 43.3 Å². The Labute approximate surface area is 259 Å². The Morgan fingerprint density at radius 2 is 1.07 bits per heavy atom. The lowest BCUT2D eigenvalue weighted by atomic mass is 10.0. The van der Waals surface area contributed by atoms with Crippen molar-refractivity contribution in [1.29, 1.82) is 10.5 Å². The predicted octanol–water partition coefficient (Wildman–Crippen LogP) is 9.28. The Bertz CT molecular complexity index is 1720. The van der Waals surface area contributed by atoms with E-state index in [1.165, 1.54) is 11.1 Å². The number of hydrogen-bond donors (Lipinski definition) is 0. The van der Waals surface area contributed by atoms with Crippen molar-refractivity contribution in [2.75, 3.05) is 43.7 Å². The molecule has 0 unspecified atom stereocenters. The second-order valence-corrected chi connectivity index (χ2v) is 10.4. The molecular formula is C37H35FN6. The molecule has 0 heterocycles. The first kappa shape index (κ1) is 32.9. The van der Waals surface area contributed by atoms with E-state index in [2.05, 4.69) is 52.8 Å². The Balaban J connectivity index is 0.000000240. The number of alkyl halides is 1. The standard InChI is InChI=1S/C19H19N3.C18H16FN3/c1-5-10-22(4)18-9-8-16-11-15(6-7-17(16)12-18)14(2)19(13-20)21-3;1-13(18(12-20)21-2)14-4-5-16-11-17(22(3)9-8-19)7-6-15(16)10-14/h6-9,11-12H,5,10H2,1-2,4H3;4-7,10-11H,8-9H2,1,3H3/b19-14-;18-13-/i;19-1. The molecule has 0 N–H and O–H groups in total. The third-order valence-corrected chi connectivity index (χ3v) is 7.52. The van der Waals surface area contributed by atoms with Crippen LogP contribution in [-0.4, -0.2) is 33.9 Å². The number of allylic oxidation sites excluding steroid dienone is 4. The van der Waals surface area contributed by atoms with E-state index in [0.29, 0.717) is 12.1 Å². The van der Waals surface area contributed by atoms with Crippen LogP contribution >= 0.6 is 0 Å². The molecule has 0 atom stereocenters. The highest BCUT2D eigenvalue weighted by Gasteiger charge is 2.08. The summed E-state index contributed by atoms with van der Waals surface area (Å²) >= 11 is 0. The van der Waals surface area contributed by atoms with Gasteiger partial charge < -0.3 is 9.80 Å². The normalized spacial score (nSPS) is 11.5. The molecule has 4 rings (SSSR count). The van der Waals surface area contributed by atoms with Crippen LogP contribution in [0.4, 0.5) is 15.8 Å².